The SMILES string of the molecule is CC(C)[C@@H]1COC(c2cccc(O[C@@H]3C[C@H](C)C[C@H](C)C3)c2NS(=O)(=O)c2cc(Cl)cc(Cl)c2)=N1. The summed E-state index contributed by atoms with van der Waals surface area (Å²) in [5, 5.41) is 0.465. The van der Waals surface area contributed by atoms with Crippen molar-refractivity contribution in [2.45, 2.75) is 64.0 Å². The largest absolute Gasteiger partial charge is 0.488 e. The first-order valence-corrected chi connectivity index (χ1v) is 14.2. The van der Waals surface area contributed by atoms with Crippen LogP contribution in [0.2, 0.25) is 10.0 Å². The van der Waals surface area contributed by atoms with Crippen LogP contribution in [0.15, 0.2) is 46.3 Å². The summed E-state index contributed by atoms with van der Waals surface area (Å²) < 4.78 is 41.9. The van der Waals surface area contributed by atoms with E-state index in [1.54, 1.807) is 12.1 Å². The third-order valence-corrected chi connectivity index (χ3v) is 8.28. The molecule has 1 N–H and O–H groups in total. The highest BCUT2D eigenvalue weighted by Gasteiger charge is 2.30. The van der Waals surface area contributed by atoms with Crippen LogP contribution in [0.25, 0.3) is 0 Å². The molecule has 1 aliphatic carbocycles. The van der Waals surface area contributed by atoms with Crippen molar-refractivity contribution >= 4 is 44.8 Å². The molecule has 2 aromatic carbocycles. The predicted molar refractivity (Wildman–Crippen MR) is 141 cm³/mol. The van der Waals surface area contributed by atoms with Crippen LogP contribution in [0.1, 0.15) is 52.5 Å². The Labute approximate surface area is 218 Å². The predicted octanol–water partition coefficient (Wildman–Crippen LogP) is 6.80. The summed E-state index contributed by atoms with van der Waals surface area (Å²) in [6.45, 7) is 9.06. The van der Waals surface area contributed by atoms with E-state index in [9.17, 15) is 8.42 Å². The lowest BCUT2D eigenvalue weighted by Gasteiger charge is -2.32. The number of nitrogens with one attached hydrogen (secondary N) is 1. The highest BCUT2D eigenvalue weighted by molar-refractivity contribution is 7.92. The Kier molecular flexibility index (Phi) is 7.89. The molecule has 6 nitrogen and oxygen atoms in total. The molecule has 0 bridgehead atoms. The highest BCUT2D eigenvalue weighted by atomic mass is 35.5. The maximum absolute atomic E-state index is 13.4. The molecule has 1 aliphatic heterocycles. The second kappa shape index (κ2) is 10.6. The van der Waals surface area contributed by atoms with E-state index in [0.717, 1.165) is 19.3 Å². The molecule has 1 saturated carbocycles. The monoisotopic (exact) mass is 538 g/mol. The van der Waals surface area contributed by atoms with Crippen LogP contribution in [-0.4, -0.2) is 33.1 Å². The first-order valence-electron chi connectivity index (χ1n) is 12.0. The zero-order valence-electron chi connectivity index (χ0n) is 20.4. The number of anilines is 1. The van der Waals surface area contributed by atoms with Crippen LogP contribution in [0.4, 0.5) is 5.69 Å². The lowest BCUT2D eigenvalue weighted by Crippen LogP contribution is -2.29. The Hall–Kier alpha value is -1.96. The number of hydrogen-bond donors (Lipinski definition) is 1. The van der Waals surface area contributed by atoms with Gasteiger partial charge in [-0.1, -0.05) is 57.0 Å². The van der Waals surface area contributed by atoms with E-state index < -0.39 is 10.0 Å². The molecule has 1 fully saturated rings. The van der Waals surface area contributed by atoms with Crippen LogP contribution >= 0.6 is 23.2 Å². The molecule has 35 heavy (non-hydrogen) atoms. The summed E-state index contributed by atoms with van der Waals surface area (Å²) in [6.07, 6.45) is 2.98. The smallest absolute Gasteiger partial charge is 0.262 e. The molecule has 1 heterocycles. The molecular formula is C26H32Cl2N2O4S. The van der Waals surface area contributed by atoms with E-state index in [0.29, 0.717) is 47.3 Å². The number of aliphatic imine (C=N–C) groups is 1. The van der Waals surface area contributed by atoms with Crippen LogP contribution in [-0.2, 0) is 14.8 Å². The number of hydrogen-bond acceptors (Lipinski definition) is 5. The molecule has 4 atom stereocenters. The molecule has 0 radical (unpaired) electrons. The number of sulfonamides is 1. The molecule has 0 aromatic heterocycles. The van der Waals surface area contributed by atoms with Gasteiger partial charge in [-0.05, 0) is 67.3 Å². The zero-order valence-corrected chi connectivity index (χ0v) is 22.8. The second-order valence-corrected chi connectivity index (χ2v) is 12.7. The molecule has 4 rings (SSSR count). The maximum Gasteiger partial charge on any atom is 0.262 e. The minimum atomic E-state index is -4.03. The van der Waals surface area contributed by atoms with Crippen LogP contribution in [0, 0.1) is 17.8 Å². The third-order valence-electron chi connectivity index (χ3n) is 6.51. The van der Waals surface area contributed by atoms with Gasteiger partial charge in [-0.25, -0.2) is 13.4 Å². The molecule has 0 spiro atoms. The number of ether oxygens (including phenoxy) is 2. The fourth-order valence-electron chi connectivity index (χ4n) is 4.82. The molecular weight excluding hydrogens is 507 g/mol. The van der Waals surface area contributed by atoms with Crippen molar-refractivity contribution in [2.24, 2.45) is 22.7 Å². The van der Waals surface area contributed by atoms with Gasteiger partial charge < -0.3 is 9.47 Å². The molecule has 2 aromatic rings. The minimum absolute atomic E-state index is 0.00538. The average Bonchev–Trinajstić information content (AvgIpc) is 3.24. The lowest BCUT2D eigenvalue weighted by molar-refractivity contribution is 0.102. The van der Waals surface area contributed by atoms with Gasteiger partial charge in [-0.2, -0.15) is 0 Å². The number of para-hydroxylation sites is 1. The van der Waals surface area contributed by atoms with Gasteiger partial charge >= 0.3 is 0 Å². The van der Waals surface area contributed by atoms with Gasteiger partial charge in [0.1, 0.15) is 18.0 Å². The fraction of sp³-hybridized carbons (Fsp3) is 0.500. The second-order valence-electron chi connectivity index (χ2n) is 10.1. The number of rotatable bonds is 7. The Morgan fingerprint density at radius 1 is 1.06 bits per heavy atom. The molecule has 0 saturated heterocycles. The Morgan fingerprint density at radius 3 is 2.31 bits per heavy atom. The van der Waals surface area contributed by atoms with Crippen molar-refractivity contribution < 1.29 is 17.9 Å². The summed E-state index contributed by atoms with van der Waals surface area (Å²) in [5.74, 6) is 2.22. The minimum Gasteiger partial charge on any atom is -0.488 e. The lowest BCUT2D eigenvalue weighted by atomic mass is 9.82. The molecule has 0 amide bonds. The first-order chi connectivity index (χ1) is 16.5. The topological polar surface area (TPSA) is 77.0 Å². The number of halogens is 2. The standard InChI is InChI=1S/C26H32Cl2N2O4S/c1-15(2)23-14-33-26(29-23)22-6-5-7-24(34-20-9-16(3)8-17(4)10-20)25(22)30-35(31,32)21-12-18(27)11-19(28)13-21/h5-7,11-13,15-17,20,23,30H,8-10,14H2,1-4H3/t16-,17+,20-,23-/m0/s1. The van der Waals surface area contributed by atoms with Crippen molar-refractivity contribution in [1.82, 2.24) is 0 Å². The normalized spacial score (nSPS) is 24.7. The van der Waals surface area contributed by atoms with Crippen molar-refractivity contribution in [3.8, 4) is 5.75 Å². The van der Waals surface area contributed by atoms with Gasteiger partial charge in [-0.3, -0.25) is 4.72 Å². The molecule has 9 heteroatoms. The number of benzene rings is 2. The van der Waals surface area contributed by atoms with Gasteiger partial charge in [-0.15, -0.1) is 0 Å². The first kappa shape index (κ1) is 26.1. The van der Waals surface area contributed by atoms with Crippen LogP contribution in [0.3, 0.4) is 0 Å². The van der Waals surface area contributed by atoms with E-state index >= 15 is 0 Å². The van der Waals surface area contributed by atoms with Crippen molar-refractivity contribution in [3.63, 3.8) is 0 Å². The summed E-state index contributed by atoms with van der Waals surface area (Å²) >= 11 is 12.2. The summed E-state index contributed by atoms with van der Waals surface area (Å²) in [5.41, 5.74) is 0.844. The Bertz CT molecular complexity index is 1190. The van der Waals surface area contributed by atoms with Gasteiger partial charge in [0.25, 0.3) is 10.0 Å². The third kappa shape index (κ3) is 6.25. The van der Waals surface area contributed by atoms with Gasteiger partial charge in [0.05, 0.1) is 22.6 Å². The summed E-state index contributed by atoms with van der Waals surface area (Å²) in [4.78, 5) is 4.69. The molecule has 190 valence electrons. The van der Waals surface area contributed by atoms with Crippen molar-refractivity contribution in [1.29, 1.82) is 0 Å². The molecule has 2 aliphatic rings. The van der Waals surface area contributed by atoms with Crippen LogP contribution < -0.4 is 9.46 Å². The van der Waals surface area contributed by atoms with Gasteiger partial charge in [0.15, 0.2) is 0 Å². The van der Waals surface area contributed by atoms with E-state index in [1.807, 2.05) is 6.07 Å². The quantitative estimate of drug-likeness (QED) is 0.420. The summed E-state index contributed by atoms with van der Waals surface area (Å²) in [6, 6.07) is 9.64. The van der Waals surface area contributed by atoms with E-state index in [-0.39, 0.29) is 27.1 Å². The van der Waals surface area contributed by atoms with E-state index in [4.69, 9.17) is 37.7 Å². The van der Waals surface area contributed by atoms with E-state index in [1.165, 1.54) is 18.2 Å². The average molecular weight is 540 g/mol. The number of nitrogens with zero attached hydrogens (tertiary/aromatic N) is 1. The van der Waals surface area contributed by atoms with E-state index in [2.05, 4.69) is 32.4 Å². The van der Waals surface area contributed by atoms with Crippen LogP contribution in [0.5, 0.6) is 5.75 Å². The highest BCUT2D eigenvalue weighted by Crippen LogP contribution is 2.38. The van der Waals surface area contributed by atoms with Gasteiger partial charge in [0, 0.05) is 10.0 Å². The molecule has 0 unspecified atom stereocenters. The van der Waals surface area contributed by atoms with Crippen molar-refractivity contribution in [2.75, 3.05) is 11.3 Å². The maximum atomic E-state index is 13.4. The van der Waals surface area contributed by atoms with Gasteiger partial charge in [0.2, 0.25) is 5.90 Å². The fourth-order valence-corrected chi connectivity index (χ4v) is 6.63. The Morgan fingerprint density at radius 2 is 1.71 bits per heavy atom. The Balaban J connectivity index is 1.75. The zero-order chi connectivity index (χ0) is 25.3. The summed E-state index contributed by atoms with van der Waals surface area (Å²) in [7, 11) is -4.03. The van der Waals surface area contributed by atoms with Crippen molar-refractivity contribution in [3.05, 3.63) is 52.0 Å².